The van der Waals surface area contributed by atoms with E-state index in [1.165, 1.54) is 24.3 Å². The van der Waals surface area contributed by atoms with Gasteiger partial charge in [0.25, 0.3) is 0 Å². The number of carbonyl (C=O) groups is 2. The van der Waals surface area contributed by atoms with Gasteiger partial charge in [0.05, 0.1) is 12.7 Å². The molecule has 0 aliphatic heterocycles. The summed E-state index contributed by atoms with van der Waals surface area (Å²) in [7, 11) is 1.37. The van der Waals surface area contributed by atoms with Crippen LogP contribution in [0.2, 0.25) is 0 Å². The summed E-state index contributed by atoms with van der Waals surface area (Å²) in [6, 6.07) is 9.08. The fraction of sp³-hybridized carbons (Fsp3) is 0.429. The first-order valence-corrected chi connectivity index (χ1v) is 8.87. The van der Waals surface area contributed by atoms with Crippen LogP contribution in [0.15, 0.2) is 53.6 Å². The van der Waals surface area contributed by atoms with Gasteiger partial charge in [-0.25, -0.2) is 9.59 Å². The molecule has 0 fully saturated rings. The predicted molar refractivity (Wildman–Crippen MR) is 97.2 cm³/mol. The number of hydrogen-bond acceptors (Lipinski definition) is 4. The van der Waals surface area contributed by atoms with E-state index in [1.807, 2.05) is 24.3 Å². The van der Waals surface area contributed by atoms with Crippen LogP contribution < -0.4 is 0 Å². The molecule has 1 aliphatic carbocycles. The number of rotatable bonds is 7. The Morgan fingerprint density at radius 1 is 1.24 bits per heavy atom. The molecular formula is C21H26O4. The lowest BCUT2D eigenvalue weighted by molar-refractivity contribution is -0.134. The summed E-state index contributed by atoms with van der Waals surface area (Å²) in [6.45, 7) is 2.15. The third kappa shape index (κ3) is 5.89. The molecule has 0 saturated heterocycles. The average Bonchev–Trinajstić information content (AvgIpc) is 2.65. The van der Waals surface area contributed by atoms with E-state index >= 15 is 0 Å². The minimum absolute atomic E-state index is 0.102. The van der Waals surface area contributed by atoms with E-state index < -0.39 is 0 Å². The first-order chi connectivity index (χ1) is 12.1. The Morgan fingerprint density at radius 2 is 2.00 bits per heavy atom. The highest BCUT2D eigenvalue weighted by atomic mass is 16.5. The molecule has 0 heterocycles. The van der Waals surface area contributed by atoms with E-state index in [0.29, 0.717) is 5.56 Å². The molecule has 4 heteroatoms. The molecule has 134 valence electrons. The summed E-state index contributed by atoms with van der Waals surface area (Å²) in [5, 5.41) is 0. The number of benzene rings is 1. The lowest BCUT2D eigenvalue weighted by Gasteiger charge is -2.26. The predicted octanol–water partition coefficient (Wildman–Crippen LogP) is 4.61. The summed E-state index contributed by atoms with van der Waals surface area (Å²) in [6.07, 6.45) is 8.69. The maximum atomic E-state index is 12.3. The summed E-state index contributed by atoms with van der Waals surface area (Å²) in [5.74, 6) is -0.617. The van der Waals surface area contributed by atoms with E-state index in [1.54, 1.807) is 12.1 Å². The molecule has 1 atom stereocenters. The first kappa shape index (κ1) is 19.0. The van der Waals surface area contributed by atoms with Crippen molar-refractivity contribution in [3.8, 4) is 0 Å². The fourth-order valence-electron chi connectivity index (χ4n) is 2.99. The molecule has 0 spiro atoms. The summed E-state index contributed by atoms with van der Waals surface area (Å²) in [5.41, 5.74) is 3.03. The Bertz CT molecular complexity index is 643. The molecule has 0 amide bonds. The minimum Gasteiger partial charge on any atom is -0.466 e. The van der Waals surface area contributed by atoms with E-state index in [2.05, 4.69) is 11.7 Å². The molecule has 1 aliphatic rings. The molecular weight excluding hydrogens is 316 g/mol. The molecule has 0 N–H and O–H groups in total. The van der Waals surface area contributed by atoms with Crippen molar-refractivity contribution in [1.82, 2.24) is 0 Å². The zero-order valence-electron chi connectivity index (χ0n) is 15.0. The average molecular weight is 342 g/mol. The van der Waals surface area contributed by atoms with E-state index in [9.17, 15) is 9.59 Å². The quantitative estimate of drug-likeness (QED) is 0.536. The number of hydrogen-bond donors (Lipinski definition) is 0. The second-order valence-corrected chi connectivity index (χ2v) is 6.22. The number of methoxy groups -OCH3 is 1. The van der Waals surface area contributed by atoms with Crippen LogP contribution in [0.4, 0.5) is 0 Å². The van der Waals surface area contributed by atoms with Gasteiger partial charge in [0.2, 0.25) is 0 Å². The minimum atomic E-state index is -0.347. The SMILES string of the molecule is CCCCC1=C(/C=C/C(=O)OC)CCC(OC(=O)c2ccccc2)C1. The second kappa shape index (κ2) is 9.82. The molecule has 25 heavy (non-hydrogen) atoms. The van der Waals surface area contributed by atoms with Gasteiger partial charge in [-0.15, -0.1) is 0 Å². The Hall–Kier alpha value is -2.36. The van der Waals surface area contributed by atoms with E-state index in [0.717, 1.165) is 38.5 Å². The van der Waals surface area contributed by atoms with Crippen molar-refractivity contribution in [3.63, 3.8) is 0 Å². The molecule has 0 bridgehead atoms. The third-order valence-corrected chi connectivity index (χ3v) is 4.40. The van der Waals surface area contributed by atoms with Gasteiger partial charge in [-0.05, 0) is 43.4 Å². The zero-order chi connectivity index (χ0) is 18.1. The van der Waals surface area contributed by atoms with Crippen molar-refractivity contribution in [2.24, 2.45) is 0 Å². The Balaban J connectivity index is 2.05. The maximum absolute atomic E-state index is 12.3. The standard InChI is InChI=1S/C21H26O4/c1-3-4-8-18-15-19(13-11-16(18)12-14-20(22)24-2)25-21(23)17-9-6-5-7-10-17/h5-7,9-10,12,14,19H,3-4,8,11,13,15H2,1-2H3/b14-12+. The number of carbonyl (C=O) groups excluding carboxylic acids is 2. The Kier molecular flexibility index (Phi) is 7.45. The van der Waals surface area contributed by atoms with Crippen molar-refractivity contribution in [2.45, 2.75) is 51.6 Å². The molecule has 0 saturated carbocycles. The van der Waals surface area contributed by atoms with Crippen molar-refractivity contribution in [1.29, 1.82) is 0 Å². The normalized spacial score (nSPS) is 17.6. The number of ether oxygens (including phenoxy) is 2. The molecule has 4 nitrogen and oxygen atoms in total. The lowest BCUT2D eigenvalue weighted by atomic mass is 9.86. The van der Waals surface area contributed by atoms with Gasteiger partial charge in [0.15, 0.2) is 0 Å². The number of esters is 2. The summed E-state index contributed by atoms with van der Waals surface area (Å²) < 4.78 is 10.4. The highest BCUT2D eigenvalue weighted by molar-refractivity contribution is 5.89. The van der Waals surface area contributed by atoms with Gasteiger partial charge in [-0.3, -0.25) is 0 Å². The monoisotopic (exact) mass is 342 g/mol. The van der Waals surface area contributed by atoms with Gasteiger partial charge in [-0.1, -0.05) is 43.2 Å². The van der Waals surface area contributed by atoms with Crippen LogP contribution in [-0.2, 0) is 14.3 Å². The van der Waals surface area contributed by atoms with Crippen LogP contribution in [0.1, 0.15) is 55.8 Å². The van der Waals surface area contributed by atoms with E-state index in [4.69, 9.17) is 4.74 Å². The van der Waals surface area contributed by atoms with Gasteiger partial charge in [0.1, 0.15) is 6.10 Å². The molecule has 1 aromatic rings. The van der Waals surface area contributed by atoms with E-state index in [-0.39, 0.29) is 18.0 Å². The van der Waals surface area contributed by atoms with Crippen molar-refractivity contribution >= 4 is 11.9 Å². The molecule has 0 radical (unpaired) electrons. The van der Waals surface area contributed by atoms with Gasteiger partial charge >= 0.3 is 11.9 Å². The van der Waals surface area contributed by atoms with Crippen LogP contribution in [-0.4, -0.2) is 25.2 Å². The maximum Gasteiger partial charge on any atom is 0.338 e. The van der Waals surface area contributed by atoms with Crippen LogP contribution in [0.5, 0.6) is 0 Å². The zero-order valence-corrected chi connectivity index (χ0v) is 15.0. The van der Waals surface area contributed by atoms with Crippen LogP contribution >= 0.6 is 0 Å². The van der Waals surface area contributed by atoms with Crippen molar-refractivity contribution in [3.05, 3.63) is 59.2 Å². The largest absolute Gasteiger partial charge is 0.466 e. The molecule has 1 unspecified atom stereocenters. The van der Waals surface area contributed by atoms with Crippen LogP contribution in [0.3, 0.4) is 0 Å². The Morgan fingerprint density at radius 3 is 2.68 bits per heavy atom. The van der Waals surface area contributed by atoms with Gasteiger partial charge < -0.3 is 9.47 Å². The fourth-order valence-corrected chi connectivity index (χ4v) is 2.99. The first-order valence-electron chi connectivity index (χ1n) is 8.87. The lowest BCUT2D eigenvalue weighted by Crippen LogP contribution is -2.22. The summed E-state index contributed by atoms with van der Waals surface area (Å²) >= 11 is 0. The van der Waals surface area contributed by atoms with Crippen LogP contribution in [0.25, 0.3) is 0 Å². The van der Waals surface area contributed by atoms with Gasteiger partial charge in [0, 0.05) is 12.5 Å². The van der Waals surface area contributed by atoms with Gasteiger partial charge in [-0.2, -0.15) is 0 Å². The smallest absolute Gasteiger partial charge is 0.338 e. The Labute approximate surface area is 149 Å². The number of allylic oxidation sites excluding steroid dienone is 2. The summed E-state index contributed by atoms with van der Waals surface area (Å²) in [4.78, 5) is 23.6. The topological polar surface area (TPSA) is 52.6 Å². The second-order valence-electron chi connectivity index (χ2n) is 6.22. The molecule has 2 rings (SSSR count). The third-order valence-electron chi connectivity index (χ3n) is 4.40. The highest BCUT2D eigenvalue weighted by Gasteiger charge is 2.23. The highest BCUT2D eigenvalue weighted by Crippen LogP contribution is 2.31. The molecule has 1 aromatic carbocycles. The van der Waals surface area contributed by atoms with Crippen molar-refractivity contribution in [2.75, 3.05) is 7.11 Å². The van der Waals surface area contributed by atoms with Crippen molar-refractivity contribution < 1.29 is 19.1 Å². The van der Waals surface area contributed by atoms with Crippen LogP contribution in [0, 0.1) is 0 Å². The number of unbranched alkanes of at least 4 members (excludes halogenated alkanes) is 1. The molecule has 0 aromatic heterocycles.